The molecule has 3 fully saturated rings. The molecule has 2 bridgehead atoms. The molecule has 2 aromatic rings. The summed E-state index contributed by atoms with van der Waals surface area (Å²) in [6.45, 7) is 3.38. The number of rotatable bonds is 7. The highest BCUT2D eigenvalue weighted by atomic mass is 32.2. The van der Waals surface area contributed by atoms with Crippen molar-refractivity contribution in [3.8, 4) is 17.2 Å². The zero-order valence-corrected chi connectivity index (χ0v) is 23.3. The summed E-state index contributed by atoms with van der Waals surface area (Å²) >= 11 is 0. The van der Waals surface area contributed by atoms with Gasteiger partial charge in [-0.2, -0.15) is 4.31 Å². The molecule has 0 radical (unpaired) electrons. The average molecular weight is 553 g/mol. The molecule has 0 unspecified atom stereocenters. The number of carbonyl (C=O) groups excluding carboxylic acids is 1. The summed E-state index contributed by atoms with van der Waals surface area (Å²) in [6.07, 6.45) is 5.32. The second-order valence-corrected chi connectivity index (χ2v) is 14.2. The van der Waals surface area contributed by atoms with Gasteiger partial charge < -0.3 is 14.6 Å². The molecule has 0 amide bonds. The van der Waals surface area contributed by atoms with Gasteiger partial charge in [0.25, 0.3) is 0 Å². The normalized spacial score (nSPS) is 31.1. The highest BCUT2D eigenvalue weighted by Gasteiger charge is 2.67. The zero-order chi connectivity index (χ0) is 27.1. The lowest BCUT2D eigenvalue weighted by molar-refractivity contribution is -0.132. The number of benzene rings is 2. The molecule has 2 heterocycles. The number of likely N-dealkylation sites (N-methyl/N-ethyl adjacent to an activating group) is 1. The van der Waals surface area contributed by atoms with E-state index in [-0.39, 0.29) is 29.5 Å². The molecule has 7 rings (SSSR count). The lowest BCUT2D eigenvalue weighted by atomic mass is 9.51. The number of phenols is 1. The Hall–Kier alpha value is -2.62. The first kappa shape index (κ1) is 25.4. The summed E-state index contributed by atoms with van der Waals surface area (Å²) in [5.41, 5.74) is 2.22. The van der Waals surface area contributed by atoms with Crippen LogP contribution in [0.3, 0.4) is 0 Å². The summed E-state index contributed by atoms with van der Waals surface area (Å²) in [5.74, 6) is 1.37. The van der Waals surface area contributed by atoms with Gasteiger partial charge in [0.2, 0.25) is 10.0 Å². The van der Waals surface area contributed by atoms with E-state index in [0.29, 0.717) is 17.9 Å². The third-order valence-electron chi connectivity index (χ3n) is 10.0. The van der Waals surface area contributed by atoms with Crippen LogP contribution in [0.15, 0.2) is 36.4 Å². The van der Waals surface area contributed by atoms with Crippen molar-refractivity contribution in [1.82, 2.24) is 9.21 Å². The van der Waals surface area contributed by atoms with E-state index < -0.39 is 27.5 Å². The summed E-state index contributed by atoms with van der Waals surface area (Å²) in [6, 6.07) is 10.7. The van der Waals surface area contributed by atoms with Gasteiger partial charge in [-0.15, -0.1) is 0 Å². The number of hydrogen-bond donors (Lipinski definition) is 1. The molecule has 208 valence electrons. The van der Waals surface area contributed by atoms with Gasteiger partial charge >= 0.3 is 5.97 Å². The van der Waals surface area contributed by atoms with Gasteiger partial charge in [-0.1, -0.05) is 30.3 Å². The van der Waals surface area contributed by atoms with E-state index in [0.717, 1.165) is 55.0 Å². The standard InChI is InChI=1S/C30H36N2O6S/c1-18(33)37-26-15-25(34)28-27-21(26)14-24-22-10-11-23(31(2)39(35,36)17-20-6-4-3-5-7-20)29(38-28)30(22,27)12-13-32(24)16-19-8-9-19/h3-7,15,19,22-24,29,34H,8-14,16-17H2,1-2H3/t22-,23-,24+,29-,30-/m0/s1. The van der Waals surface area contributed by atoms with Crippen LogP contribution < -0.4 is 9.47 Å². The topological polar surface area (TPSA) is 96.4 Å². The molecular weight excluding hydrogens is 516 g/mol. The Balaban J connectivity index is 1.31. The maximum atomic E-state index is 13.7. The van der Waals surface area contributed by atoms with E-state index in [1.807, 2.05) is 30.3 Å². The van der Waals surface area contributed by atoms with Gasteiger partial charge in [-0.05, 0) is 62.5 Å². The minimum absolute atomic E-state index is 0.0417. The Bertz CT molecular complexity index is 1420. The van der Waals surface area contributed by atoms with Crippen molar-refractivity contribution in [3.05, 3.63) is 53.1 Å². The maximum Gasteiger partial charge on any atom is 0.308 e. The van der Waals surface area contributed by atoms with Crippen LogP contribution in [0.4, 0.5) is 0 Å². The third kappa shape index (κ3) is 3.91. The van der Waals surface area contributed by atoms with Crippen molar-refractivity contribution in [2.45, 2.75) is 74.8 Å². The Morgan fingerprint density at radius 1 is 1.21 bits per heavy atom. The van der Waals surface area contributed by atoms with Crippen LogP contribution in [0.2, 0.25) is 0 Å². The van der Waals surface area contributed by atoms with Crippen LogP contribution in [0.1, 0.15) is 55.7 Å². The van der Waals surface area contributed by atoms with Crippen molar-refractivity contribution in [2.24, 2.45) is 11.8 Å². The molecule has 1 N–H and O–H groups in total. The van der Waals surface area contributed by atoms with Crippen LogP contribution in [-0.4, -0.2) is 67.0 Å². The number of esters is 1. The van der Waals surface area contributed by atoms with Crippen LogP contribution in [-0.2, 0) is 32.4 Å². The van der Waals surface area contributed by atoms with E-state index in [2.05, 4.69) is 4.90 Å². The molecule has 5 atom stereocenters. The highest BCUT2D eigenvalue weighted by molar-refractivity contribution is 7.88. The van der Waals surface area contributed by atoms with Crippen LogP contribution in [0, 0.1) is 11.8 Å². The molecular formula is C30H36N2O6S. The number of likely N-dealkylation sites (tertiary alicyclic amines) is 1. The van der Waals surface area contributed by atoms with Gasteiger partial charge in [-0.25, -0.2) is 8.42 Å². The van der Waals surface area contributed by atoms with E-state index in [4.69, 9.17) is 9.47 Å². The zero-order valence-electron chi connectivity index (χ0n) is 22.5. The van der Waals surface area contributed by atoms with Gasteiger partial charge in [0.05, 0.1) is 11.8 Å². The van der Waals surface area contributed by atoms with E-state index in [9.17, 15) is 18.3 Å². The second-order valence-electron chi connectivity index (χ2n) is 12.2. The fourth-order valence-corrected chi connectivity index (χ4v) is 9.66. The summed E-state index contributed by atoms with van der Waals surface area (Å²) in [5, 5.41) is 11.1. The second kappa shape index (κ2) is 8.94. The number of piperidine rings is 1. The van der Waals surface area contributed by atoms with Gasteiger partial charge in [-0.3, -0.25) is 9.69 Å². The molecule has 0 aromatic heterocycles. The number of carbonyl (C=O) groups is 1. The monoisotopic (exact) mass is 552 g/mol. The van der Waals surface area contributed by atoms with Crippen LogP contribution in [0.25, 0.3) is 0 Å². The molecule has 2 aromatic carbocycles. The molecule has 5 aliphatic rings. The highest BCUT2D eigenvalue weighted by Crippen LogP contribution is 2.66. The number of sulfonamides is 1. The Morgan fingerprint density at radius 3 is 2.69 bits per heavy atom. The smallest absolute Gasteiger partial charge is 0.308 e. The summed E-state index contributed by atoms with van der Waals surface area (Å²) in [4.78, 5) is 14.7. The van der Waals surface area contributed by atoms with Gasteiger partial charge in [0.15, 0.2) is 11.5 Å². The SMILES string of the molecule is CC(=O)Oc1cc(O)c2c3c1C[C@@H]1[C@@H]4CC[C@H](N(C)S(=O)(=O)Cc5ccccc5)[C@H](O2)[C@]34CCN1CC1CC1. The molecule has 3 aliphatic carbocycles. The van der Waals surface area contributed by atoms with Crippen LogP contribution in [0.5, 0.6) is 17.2 Å². The van der Waals surface area contributed by atoms with Crippen molar-refractivity contribution in [2.75, 3.05) is 20.1 Å². The van der Waals surface area contributed by atoms with E-state index in [1.54, 1.807) is 7.05 Å². The Kier molecular flexibility index (Phi) is 5.81. The Morgan fingerprint density at radius 2 is 1.97 bits per heavy atom. The van der Waals surface area contributed by atoms with Crippen molar-refractivity contribution in [3.63, 3.8) is 0 Å². The first-order chi connectivity index (χ1) is 18.7. The molecule has 1 saturated heterocycles. The maximum absolute atomic E-state index is 13.7. The van der Waals surface area contributed by atoms with Crippen molar-refractivity contribution < 1.29 is 27.8 Å². The van der Waals surface area contributed by atoms with Crippen LogP contribution >= 0.6 is 0 Å². The number of nitrogens with zero attached hydrogens (tertiary/aromatic N) is 2. The van der Waals surface area contributed by atoms with E-state index >= 15 is 0 Å². The fraction of sp³-hybridized carbons (Fsp3) is 0.567. The van der Waals surface area contributed by atoms with Gasteiger partial charge in [0.1, 0.15) is 11.9 Å². The lowest BCUT2D eigenvalue weighted by Gasteiger charge is -2.60. The summed E-state index contributed by atoms with van der Waals surface area (Å²) < 4.78 is 41.2. The average Bonchev–Trinajstić information content (AvgIpc) is 3.64. The largest absolute Gasteiger partial charge is 0.504 e. The first-order valence-corrected chi connectivity index (χ1v) is 15.8. The minimum Gasteiger partial charge on any atom is -0.504 e. The van der Waals surface area contributed by atoms with Gasteiger partial charge in [0, 0.05) is 49.2 Å². The molecule has 1 spiro atoms. The number of ether oxygens (including phenoxy) is 2. The minimum atomic E-state index is -3.62. The predicted octanol–water partition coefficient (Wildman–Crippen LogP) is 3.60. The lowest BCUT2D eigenvalue weighted by Crippen LogP contribution is -2.69. The van der Waals surface area contributed by atoms with E-state index in [1.165, 1.54) is 30.1 Å². The Labute approximate surface area is 229 Å². The molecule has 39 heavy (non-hydrogen) atoms. The number of phenolic OH excluding ortho intramolecular Hbond substituents is 1. The van der Waals surface area contributed by atoms with Crippen molar-refractivity contribution >= 4 is 16.0 Å². The fourth-order valence-electron chi connectivity index (χ4n) is 8.22. The molecule has 9 heteroatoms. The quantitative estimate of drug-likeness (QED) is 0.414. The van der Waals surface area contributed by atoms with Crippen molar-refractivity contribution in [1.29, 1.82) is 0 Å². The molecule has 8 nitrogen and oxygen atoms in total. The predicted molar refractivity (Wildman–Crippen MR) is 145 cm³/mol. The summed E-state index contributed by atoms with van der Waals surface area (Å²) in [7, 11) is -1.94. The number of aromatic hydroxyl groups is 1. The number of hydrogen-bond acceptors (Lipinski definition) is 7. The molecule has 2 aliphatic heterocycles. The molecule has 2 saturated carbocycles. The third-order valence-corrected chi connectivity index (χ3v) is 11.9. The first-order valence-electron chi connectivity index (χ1n) is 14.2.